The van der Waals surface area contributed by atoms with Gasteiger partial charge in [-0.05, 0) is 31.2 Å². The highest BCUT2D eigenvalue weighted by atomic mass is 16.5. The van der Waals surface area contributed by atoms with Crippen molar-refractivity contribution in [2.24, 2.45) is 0 Å². The molecule has 0 unspecified atom stereocenters. The van der Waals surface area contributed by atoms with Crippen LogP contribution in [0.2, 0.25) is 0 Å². The summed E-state index contributed by atoms with van der Waals surface area (Å²) < 4.78 is 11.1. The molecule has 4 heteroatoms. The molecule has 1 heterocycles. The largest absolute Gasteiger partial charge is 0.508 e. The van der Waals surface area contributed by atoms with Crippen LogP contribution in [0.3, 0.4) is 0 Å². The zero-order valence-electron chi connectivity index (χ0n) is 11.2. The summed E-state index contributed by atoms with van der Waals surface area (Å²) in [4.78, 5) is 0. The molecular weight excluding hydrogens is 256 g/mol. The molecule has 1 aromatic heterocycles. The number of ether oxygens (including phenoxy) is 1. The van der Waals surface area contributed by atoms with E-state index in [9.17, 15) is 10.2 Å². The van der Waals surface area contributed by atoms with Crippen LogP contribution in [-0.4, -0.2) is 17.3 Å². The van der Waals surface area contributed by atoms with Gasteiger partial charge in [-0.1, -0.05) is 0 Å². The second kappa shape index (κ2) is 4.49. The second-order valence-electron chi connectivity index (χ2n) is 4.62. The number of benzene rings is 2. The van der Waals surface area contributed by atoms with E-state index in [0.717, 1.165) is 16.5 Å². The molecule has 2 aromatic carbocycles. The Kier molecular flexibility index (Phi) is 2.79. The Labute approximate surface area is 115 Å². The van der Waals surface area contributed by atoms with Crippen molar-refractivity contribution >= 4 is 11.0 Å². The first-order chi connectivity index (χ1) is 9.60. The Bertz CT molecular complexity index is 787. The lowest BCUT2D eigenvalue weighted by molar-refractivity contribution is 0.408. The van der Waals surface area contributed by atoms with Crippen LogP contribution in [0.1, 0.15) is 5.56 Å². The lowest BCUT2D eigenvalue weighted by Crippen LogP contribution is -1.87. The van der Waals surface area contributed by atoms with Gasteiger partial charge in [-0.15, -0.1) is 0 Å². The van der Waals surface area contributed by atoms with Crippen LogP contribution in [0.25, 0.3) is 22.3 Å². The fourth-order valence-electron chi connectivity index (χ4n) is 2.34. The van der Waals surface area contributed by atoms with Crippen molar-refractivity contribution in [3.05, 3.63) is 42.0 Å². The molecular formula is C16H14O4. The Balaban J connectivity index is 2.27. The molecule has 3 rings (SSSR count). The molecule has 102 valence electrons. The molecule has 0 fully saturated rings. The van der Waals surface area contributed by atoms with Crippen LogP contribution in [0.15, 0.2) is 40.8 Å². The van der Waals surface area contributed by atoms with E-state index >= 15 is 0 Å². The number of phenolic OH excluding ortho intramolecular Hbond substituents is 2. The van der Waals surface area contributed by atoms with Crippen molar-refractivity contribution in [3.8, 4) is 28.6 Å². The van der Waals surface area contributed by atoms with Crippen molar-refractivity contribution in [1.82, 2.24) is 0 Å². The van der Waals surface area contributed by atoms with Crippen LogP contribution >= 0.6 is 0 Å². The summed E-state index contributed by atoms with van der Waals surface area (Å²) in [6, 6.07) is 9.90. The number of hydrogen-bond donors (Lipinski definition) is 2. The first-order valence-electron chi connectivity index (χ1n) is 6.19. The minimum atomic E-state index is 0.136. The van der Waals surface area contributed by atoms with Gasteiger partial charge in [0.1, 0.15) is 28.6 Å². The average Bonchev–Trinajstić information content (AvgIpc) is 2.75. The summed E-state index contributed by atoms with van der Waals surface area (Å²) in [5.41, 5.74) is 2.34. The molecule has 0 radical (unpaired) electrons. The lowest BCUT2D eigenvalue weighted by Gasteiger charge is -2.07. The predicted molar refractivity (Wildman–Crippen MR) is 76.3 cm³/mol. The molecule has 0 aliphatic rings. The molecule has 0 bridgehead atoms. The minimum absolute atomic E-state index is 0.136. The molecule has 2 N–H and O–H groups in total. The standard InChI is InChI=1S/C16H14O4/c1-9-12-5-3-11(18)8-15(12)20-16(9)13-6-4-10(17)7-14(13)19-2/h3-8,17-18H,1-2H3. The van der Waals surface area contributed by atoms with E-state index in [4.69, 9.17) is 9.15 Å². The minimum Gasteiger partial charge on any atom is -0.508 e. The Hall–Kier alpha value is -2.62. The Morgan fingerprint density at radius 1 is 1.00 bits per heavy atom. The summed E-state index contributed by atoms with van der Waals surface area (Å²) >= 11 is 0. The van der Waals surface area contributed by atoms with Crippen molar-refractivity contribution in [2.75, 3.05) is 7.11 Å². The van der Waals surface area contributed by atoms with Crippen molar-refractivity contribution in [2.45, 2.75) is 6.92 Å². The molecule has 4 nitrogen and oxygen atoms in total. The number of phenols is 2. The lowest BCUT2D eigenvalue weighted by atomic mass is 10.1. The van der Waals surface area contributed by atoms with Crippen LogP contribution in [-0.2, 0) is 0 Å². The molecule has 0 aliphatic heterocycles. The SMILES string of the molecule is COc1cc(O)ccc1-c1oc2cc(O)ccc2c1C. The molecule has 0 atom stereocenters. The fourth-order valence-corrected chi connectivity index (χ4v) is 2.34. The highest BCUT2D eigenvalue weighted by Gasteiger charge is 2.16. The molecule has 0 spiro atoms. The number of aryl methyl sites for hydroxylation is 1. The van der Waals surface area contributed by atoms with E-state index < -0.39 is 0 Å². The monoisotopic (exact) mass is 270 g/mol. The Morgan fingerprint density at radius 2 is 1.70 bits per heavy atom. The highest BCUT2D eigenvalue weighted by Crippen LogP contribution is 2.39. The van der Waals surface area contributed by atoms with Crippen LogP contribution in [0.4, 0.5) is 0 Å². The number of hydrogen-bond acceptors (Lipinski definition) is 4. The number of furan rings is 1. The van der Waals surface area contributed by atoms with Gasteiger partial charge in [0.05, 0.1) is 12.7 Å². The van der Waals surface area contributed by atoms with E-state index in [-0.39, 0.29) is 11.5 Å². The predicted octanol–water partition coefficient (Wildman–Crippen LogP) is 3.83. The van der Waals surface area contributed by atoms with E-state index in [0.29, 0.717) is 17.1 Å². The van der Waals surface area contributed by atoms with Gasteiger partial charge in [-0.3, -0.25) is 0 Å². The third-order valence-electron chi connectivity index (χ3n) is 3.35. The third kappa shape index (κ3) is 1.86. The summed E-state index contributed by atoms with van der Waals surface area (Å²) in [6.07, 6.45) is 0. The van der Waals surface area contributed by atoms with Gasteiger partial charge in [0.25, 0.3) is 0 Å². The third-order valence-corrected chi connectivity index (χ3v) is 3.35. The van der Waals surface area contributed by atoms with Crippen LogP contribution in [0, 0.1) is 6.92 Å². The number of aromatic hydroxyl groups is 2. The first-order valence-corrected chi connectivity index (χ1v) is 6.19. The zero-order chi connectivity index (χ0) is 14.3. The second-order valence-corrected chi connectivity index (χ2v) is 4.62. The van der Waals surface area contributed by atoms with Crippen LogP contribution < -0.4 is 4.74 Å². The smallest absolute Gasteiger partial charge is 0.142 e. The van der Waals surface area contributed by atoms with Gasteiger partial charge in [0, 0.05) is 23.1 Å². The summed E-state index contributed by atoms with van der Waals surface area (Å²) in [7, 11) is 1.54. The van der Waals surface area contributed by atoms with E-state index in [2.05, 4.69) is 0 Å². The highest BCUT2D eigenvalue weighted by molar-refractivity contribution is 5.89. The molecule has 3 aromatic rings. The maximum atomic E-state index is 9.52. The maximum Gasteiger partial charge on any atom is 0.142 e. The Morgan fingerprint density at radius 3 is 2.45 bits per heavy atom. The fraction of sp³-hybridized carbons (Fsp3) is 0.125. The number of fused-ring (bicyclic) bond motifs is 1. The summed E-state index contributed by atoms with van der Waals surface area (Å²) in [6.45, 7) is 1.95. The molecule has 0 saturated carbocycles. The maximum absolute atomic E-state index is 9.52. The normalized spacial score (nSPS) is 10.9. The van der Waals surface area contributed by atoms with Gasteiger partial charge in [0.2, 0.25) is 0 Å². The van der Waals surface area contributed by atoms with Gasteiger partial charge >= 0.3 is 0 Å². The average molecular weight is 270 g/mol. The van der Waals surface area contributed by atoms with Gasteiger partial charge in [-0.25, -0.2) is 0 Å². The van der Waals surface area contributed by atoms with Crippen molar-refractivity contribution in [1.29, 1.82) is 0 Å². The number of rotatable bonds is 2. The van der Waals surface area contributed by atoms with Crippen LogP contribution in [0.5, 0.6) is 17.2 Å². The topological polar surface area (TPSA) is 62.8 Å². The summed E-state index contributed by atoms with van der Waals surface area (Å²) in [5.74, 6) is 1.51. The summed E-state index contributed by atoms with van der Waals surface area (Å²) in [5, 5.41) is 20.0. The molecule has 0 saturated heterocycles. The van der Waals surface area contributed by atoms with E-state index in [1.54, 1.807) is 37.4 Å². The first kappa shape index (κ1) is 12.4. The van der Waals surface area contributed by atoms with Crippen molar-refractivity contribution < 1.29 is 19.4 Å². The van der Waals surface area contributed by atoms with Gasteiger partial charge < -0.3 is 19.4 Å². The number of methoxy groups -OCH3 is 1. The zero-order valence-corrected chi connectivity index (χ0v) is 11.2. The van der Waals surface area contributed by atoms with E-state index in [1.807, 2.05) is 13.0 Å². The van der Waals surface area contributed by atoms with Crippen molar-refractivity contribution in [3.63, 3.8) is 0 Å². The molecule has 0 aliphatic carbocycles. The quantitative estimate of drug-likeness (QED) is 0.743. The van der Waals surface area contributed by atoms with E-state index in [1.165, 1.54) is 0 Å². The molecule has 20 heavy (non-hydrogen) atoms. The van der Waals surface area contributed by atoms with Gasteiger partial charge in [-0.2, -0.15) is 0 Å². The molecule has 0 amide bonds. The van der Waals surface area contributed by atoms with Gasteiger partial charge in [0.15, 0.2) is 0 Å².